The molecule has 10 heteroatoms. The molecule has 242 valence electrons. The van der Waals surface area contributed by atoms with Gasteiger partial charge in [-0.25, -0.2) is 10.5 Å². The van der Waals surface area contributed by atoms with Gasteiger partial charge in [0.05, 0.1) is 42.7 Å². The number of rotatable bonds is 12. The van der Waals surface area contributed by atoms with Gasteiger partial charge in [-0.3, -0.25) is 14.8 Å². The summed E-state index contributed by atoms with van der Waals surface area (Å²) in [6.07, 6.45) is 2.19. The number of ether oxygens (including phenoxy) is 2. The summed E-state index contributed by atoms with van der Waals surface area (Å²) in [5.41, 5.74) is 9.29. The molecule has 4 N–H and O–H groups in total. The van der Waals surface area contributed by atoms with E-state index in [1.54, 1.807) is 5.48 Å². The van der Waals surface area contributed by atoms with E-state index in [0.717, 1.165) is 44.4 Å². The Bertz CT molecular complexity index is 1800. The van der Waals surface area contributed by atoms with Gasteiger partial charge in [0.25, 0.3) is 0 Å². The lowest BCUT2D eigenvalue weighted by atomic mass is 9.97. The Morgan fingerprint density at radius 1 is 0.851 bits per heavy atom. The zero-order valence-electron chi connectivity index (χ0n) is 25.9. The van der Waals surface area contributed by atoms with E-state index < -0.39 is 12.2 Å². The Morgan fingerprint density at radius 2 is 1.57 bits per heavy atom. The van der Waals surface area contributed by atoms with Crippen LogP contribution < -0.4 is 10.8 Å². The van der Waals surface area contributed by atoms with Crippen LogP contribution in [0.25, 0.3) is 22.2 Å². The maximum absolute atomic E-state index is 12.4. The number of hydroxylamine groups is 1. The number of aliphatic hydroxyl groups is 1. The van der Waals surface area contributed by atoms with Crippen LogP contribution in [0.15, 0.2) is 103 Å². The van der Waals surface area contributed by atoms with Gasteiger partial charge in [0.2, 0.25) is 11.8 Å². The first-order chi connectivity index (χ1) is 23.0. The van der Waals surface area contributed by atoms with Gasteiger partial charge in [-0.2, -0.15) is 0 Å². The first-order valence-corrected chi connectivity index (χ1v) is 15.8. The molecule has 0 bridgehead atoms. The number of aliphatic hydroxyl groups excluding tert-OH is 1. The van der Waals surface area contributed by atoms with E-state index in [2.05, 4.69) is 20.9 Å². The average molecular weight is 635 g/mol. The second kappa shape index (κ2) is 15.1. The van der Waals surface area contributed by atoms with Gasteiger partial charge in [-0.05, 0) is 46.4 Å². The van der Waals surface area contributed by atoms with Crippen LogP contribution in [0.1, 0.15) is 60.3 Å². The molecule has 5 aromatic rings. The highest BCUT2D eigenvalue weighted by molar-refractivity contribution is 5.78. The molecule has 1 aliphatic rings. The summed E-state index contributed by atoms with van der Waals surface area (Å²) in [5, 5.41) is 21.1. The molecule has 0 radical (unpaired) electrons. The number of hydrogen-bond donors (Lipinski definition) is 4. The molecule has 1 fully saturated rings. The van der Waals surface area contributed by atoms with Gasteiger partial charge >= 0.3 is 0 Å². The summed E-state index contributed by atoms with van der Waals surface area (Å²) in [6, 6.07) is 31.9. The van der Waals surface area contributed by atoms with Crippen molar-refractivity contribution in [3.8, 4) is 11.1 Å². The highest BCUT2D eigenvalue weighted by Gasteiger charge is 2.32. The SMILES string of the molecule is O=C(CCCC(=O)NCc1ccccc1-c1ccc(C2OC(Cn3cnc4ccccc43)CC(c3ccc(CO)cc3)O2)cc1)NO. The third kappa shape index (κ3) is 7.93. The normalized spacial score (nSPS) is 17.8. The first kappa shape index (κ1) is 32.1. The predicted molar refractivity (Wildman–Crippen MR) is 176 cm³/mol. The first-order valence-electron chi connectivity index (χ1n) is 15.8. The Kier molecular flexibility index (Phi) is 10.3. The third-order valence-corrected chi connectivity index (χ3v) is 8.46. The fourth-order valence-corrected chi connectivity index (χ4v) is 5.93. The minimum atomic E-state index is -0.595. The maximum Gasteiger partial charge on any atom is 0.243 e. The van der Waals surface area contributed by atoms with Gasteiger partial charge in [-0.1, -0.05) is 84.9 Å². The Labute approximate surface area is 272 Å². The number of hydrogen-bond acceptors (Lipinski definition) is 7. The molecule has 1 saturated heterocycles. The van der Waals surface area contributed by atoms with Crippen molar-refractivity contribution < 1.29 is 29.4 Å². The van der Waals surface area contributed by atoms with E-state index in [1.165, 1.54) is 0 Å². The molecule has 3 unspecified atom stereocenters. The number of nitrogens with zero attached hydrogens (tertiary/aromatic N) is 2. The van der Waals surface area contributed by atoms with Crippen LogP contribution in [0.4, 0.5) is 0 Å². The smallest absolute Gasteiger partial charge is 0.243 e. The molecule has 4 aromatic carbocycles. The molecule has 0 aliphatic carbocycles. The fourth-order valence-electron chi connectivity index (χ4n) is 5.93. The molecular formula is C37H38N4O6. The predicted octanol–water partition coefficient (Wildman–Crippen LogP) is 5.73. The Hall–Kier alpha value is -4.87. The van der Waals surface area contributed by atoms with E-state index in [9.17, 15) is 14.7 Å². The molecule has 2 heterocycles. The number of benzene rings is 4. The van der Waals surface area contributed by atoms with Crippen molar-refractivity contribution in [2.24, 2.45) is 0 Å². The van der Waals surface area contributed by atoms with Gasteiger partial charge in [0, 0.05) is 31.4 Å². The molecule has 1 aromatic heterocycles. The third-order valence-electron chi connectivity index (χ3n) is 8.46. The molecule has 2 amide bonds. The van der Waals surface area contributed by atoms with Crippen LogP contribution in [0, 0.1) is 0 Å². The van der Waals surface area contributed by atoms with Crippen LogP contribution >= 0.6 is 0 Å². The second-order valence-electron chi connectivity index (χ2n) is 11.7. The Morgan fingerprint density at radius 3 is 2.36 bits per heavy atom. The zero-order valence-corrected chi connectivity index (χ0v) is 25.9. The number of fused-ring (bicyclic) bond motifs is 1. The molecule has 6 rings (SSSR count). The van der Waals surface area contributed by atoms with Gasteiger partial charge in [-0.15, -0.1) is 0 Å². The number of imidazole rings is 1. The largest absolute Gasteiger partial charge is 0.392 e. The van der Waals surface area contributed by atoms with Crippen molar-refractivity contribution in [3.05, 3.63) is 126 Å². The summed E-state index contributed by atoms with van der Waals surface area (Å²) in [4.78, 5) is 28.1. The maximum atomic E-state index is 12.4. The number of amides is 2. The van der Waals surface area contributed by atoms with Crippen LogP contribution in [0.2, 0.25) is 0 Å². The summed E-state index contributed by atoms with van der Waals surface area (Å²) >= 11 is 0. The van der Waals surface area contributed by atoms with Crippen LogP contribution in [0.5, 0.6) is 0 Å². The van der Waals surface area contributed by atoms with Crippen molar-refractivity contribution in [2.45, 2.75) is 63.9 Å². The van der Waals surface area contributed by atoms with Gasteiger partial charge in [0.15, 0.2) is 6.29 Å². The number of aromatic nitrogens is 2. The van der Waals surface area contributed by atoms with Crippen molar-refractivity contribution in [2.75, 3.05) is 0 Å². The number of carbonyl (C=O) groups excluding carboxylic acids is 2. The van der Waals surface area contributed by atoms with Gasteiger partial charge < -0.3 is 24.5 Å². The highest BCUT2D eigenvalue weighted by atomic mass is 16.7. The number of carbonyl (C=O) groups is 2. The summed E-state index contributed by atoms with van der Waals surface area (Å²) < 4.78 is 15.3. The van der Waals surface area contributed by atoms with Gasteiger partial charge in [0.1, 0.15) is 0 Å². The lowest BCUT2D eigenvalue weighted by molar-refractivity contribution is -0.252. The summed E-state index contributed by atoms with van der Waals surface area (Å²) in [7, 11) is 0. The minimum absolute atomic E-state index is 0.0127. The monoisotopic (exact) mass is 634 g/mol. The highest BCUT2D eigenvalue weighted by Crippen LogP contribution is 2.39. The van der Waals surface area contributed by atoms with Crippen molar-refractivity contribution in [3.63, 3.8) is 0 Å². The molecule has 3 atom stereocenters. The summed E-state index contributed by atoms with van der Waals surface area (Å²) in [6.45, 7) is 0.956. The minimum Gasteiger partial charge on any atom is -0.392 e. The second-order valence-corrected chi connectivity index (χ2v) is 11.7. The molecule has 10 nitrogen and oxygen atoms in total. The lowest BCUT2D eigenvalue weighted by Crippen LogP contribution is -2.32. The summed E-state index contributed by atoms with van der Waals surface area (Å²) in [5.74, 6) is -0.670. The molecule has 0 spiro atoms. The fraction of sp³-hybridized carbons (Fsp3) is 0.270. The zero-order chi connectivity index (χ0) is 32.6. The van der Waals surface area contributed by atoms with E-state index in [-0.39, 0.29) is 37.6 Å². The molecular weight excluding hydrogens is 596 g/mol. The van der Waals surface area contributed by atoms with E-state index >= 15 is 0 Å². The molecule has 0 saturated carbocycles. The van der Waals surface area contributed by atoms with Crippen molar-refractivity contribution >= 4 is 22.8 Å². The van der Waals surface area contributed by atoms with Crippen LogP contribution in [-0.4, -0.2) is 37.8 Å². The van der Waals surface area contributed by atoms with E-state index in [4.69, 9.17) is 14.7 Å². The van der Waals surface area contributed by atoms with Crippen molar-refractivity contribution in [1.82, 2.24) is 20.3 Å². The lowest BCUT2D eigenvalue weighted by Gasteiger charge is -2.36. The number of para-hydroxylation sites is 2. The standard InChI is InChI=1S/C37H38N4O6/c42-23-25-12-14-27(15-13-25)34-20-30(22-41-24-39-32-8-3-4-9-33(32)41)46-37(47-34)28-18-16-26(17-19-28)31-7-2-1-6-29(31)21-38-35(43)10-5-11-36(44)40-45/h1-4,6-9,12-19,24,30,34,37,42,45H,5,10-11,20-23H2,(H,38,43)(H,40,44). The average Bonchev–Trinajstić information content (AvgIpc) is 3.53. The Balaban J connectivity index is 1.18. The topological polar surface area (TPSA) is 135 Å². The van der Waals surface area contributed by atoms with Crippen LogP contribution in [0.3, 0.4) is 0 Å². The quantitative estimate of drug-likeness (QED) is 0.102. The van der Waals surface area contributed by atoms with E-state index in [1.807, 2.05) is 97.3 Å². The van der Waals surface area contributed by atoms with Crippen molar-refractivity contribution in [1.29, 1.82) is 0 Å². The number of nitrogens with one attached hydrogen (secondary N) is 2. The molecule has 47 heavy (non-hydrogen) atoms. The van der Waals surface area contributed by atoms with E-state index in [0.29, 0.717) is 25.9 Å². The molecule has 1 aliphatic heterocycles. The van der Waals surface area contributed by atoms with Crippen LogP contribution in [-0.2, 0) is 38.8 Å².